The minimum absolute atomic E-state index is 0.182. The molecule has 30 heavy (non-hydrogen) atoms. The zero-order chi connectivity index (χ0) is 21.5. The van der Waals surface area contributed by atoms with Gasteiger partial charge in [0.1, 0.15) is 5.82 Å². The Morgan fingerprint density at radius 2 is 1.40 bits per heavy atom. The molecule has 6 nitrogen and oxygen atoms in total. The van der Waals surface area contributed by atoms with Crippen LogP contribution in [0.5, 0.6) is 0 Å². The first-order valence-corrected chi connectivity index (χ1v) is 9.22. The largest absolute Gasteiger partial charge is 0.348 e. The van der Waals surface area contributed by atoms with Crippen molar-refractivity contribution >= 4 is 29.1 Å². The van der Waals surface area contributed by atoms with Crippen molar-refractivity contribution in [2.75, 3.05) is 10.6 Å². The van der Waals surface area contributed by atoms with E-state index in [1.54, 1.807) is 42.5 Å². The minimum Gasteiger partial charge on any atom is -0.348 e. The molecule has 3 N–H and O–H groups in total. The molecule has 3 aromatic rings. The van der Waals surface area contributed by atoms with Crippen LogP contribution >= 0.6 is 0 Å². The van der Waals surface area contributed by atoms with Gasteiger partial charge in [-0.15, -0.1) is 0 Å². The van der Waals surface area contributed by atoms with Crippen LogP contribution in [0.15, 0.2) is 72.8 Å². The van der Waals surface area contributed by atoms with E-state index in [1.165, 1.54) is 31.2 Å². The van der Waals surface area contributed by atoms with Crippen LogP contribution in [-0.2, 0) is 11.3 Å². The maximum atomic E-state index is 13.0. The molecule has 0 aromatic heterocycles. The third kappa shape index (κ3) is 5.75. The Kier molecular flexibility index (Phi) is 6.54. The van der Waals surface area contributed by atoms with E-state index < -0.39 is 5.82 Å². The summed E-state index contributed by atoms with van der Waals surface area (Å²) in [6.07, 6.45) is 0. The minimum atomic E-state index is -0.408. The van der Waals surface area contributed by atoms with Crippen LogP contribution in [0.3, 0.4) is 0 Å². The molecular weight excluding hydrogens is 385 g/mol. The van der Waals surface area contributed by atoms with Crippen LogP contribution < -0.4 is 16.0 Å². The fourth-order valence-electron chi connectivity index (χ4n) is 2.76. The van der Waals surface area contributed by atoms with Gasteiger partial charge in [0.15, 0.2) is 0 Å². The van der Waals surface area contributed by atoms with Gasteiger partial charge in [-0.1, -0.05) is 12.1 Å². The molecule has 0 atom stereocenters. The van der Waals surface area contributed by atoms with Gasteiger partial charge in [-0.3, -0.25) is 14.4 Å². The Balaban J connectivity index is 1.58. The van der Waals surface area contributed by atoms with E-state index in [-0.39, 0.29) is 24.3 Å². The number of carbonyl (C=O) groups excluding carboxylic acids is 3. The molecule has 0 aliphatic heterocycles. The summed E-state index contributed by atoms with van der Waals surface area (Å²) >= 11 is 0. The molecule has 0 aliphatic carbocycles. The normalized spacial score (nSPS) is 10.2. The zero-order valence-electron chi connectivity index (χ0n) is 16.2. The first kappa shape index (κ1) is 20.7. The van der Waals surface area contributed by atoms with Gasteiger partial charge < -0.3 is 16.0 Å². The lowest BCUT2D eigenvalue weighted by Gasteiger charge is -2.09. The average molecular weight is 405 g/mol. The van der Waals surface area contributed by atoms with E-state index in [1.807, 2.05) is 6.07 Å². The monoisotopic (exact) mass is 405 g/mol. The first-order valence-electron chi connectivity index (χ1n) is 9.22. The molecule has 0 bridgehead atoms. The number of anilines is 2. The van der Waals surface area contributed by atoms with Crippen molar-refractivity contribution < 1.29 is 18.8 Å². The highest BCUT2D eigenvalue weighted by atomic mass is 19.1. The third-order valence-electron chi connectivity index (χ3n) is 4.21. The van der Waals surface area contributed by atoms with Crippen molar-refractivity contribution in [2.24, 2.45) is 0 Å². The molecule has 0 fully saturated rings. The Bertz CT molecular complexity index is 1060. The fourth-order valence-corrected chi connectivity index (χ4v) is 2.76. The summed E-state index contributed by atoms with van der Waals surface area (Å²) in [5.41, 5.74) is 2.79. The van der Waals surface area contributed by atoms with Gasteiger partial charge in [0, 0.05) is 36.0 Å². The van der Waals surface area contributed by atoms with Crippen LogP contribution in [0.2, 0.25) is 0 Å². The molecule has 0 unspecified atom stereocenters. The van der Waals surface area contributed by atoms with E-state index in [9.17, 15) is 18.8 Å². The Labute approximate surface area is 173 Å². The lowest BCUT2D eigenvalue weighted by molar-refractivity contribution is -0.114. The van der Waals surface area contributed by atoms with Gasteiger partial charge in [-0.05, 0) is 66.2 Å². The Morgan fingerprint density at radius 3 is 2.07 bits per heavy atom. The zero-order valence-corrected chi connectivity index (χ0v) is 16.2. The maximum Gasteiger partial charge on any atom is 0.255 e. The van der Waals surface area contributed by atoms with Crippen LogP contribution in [0.25, 0.3) is 0 Å². The van der Waals surface area contributed by atoms with Gasteiger partial charge in [-0.25, -0.2) is 4.39 Å². The van der Waals surface area contributed by atoms with Crippen molar-refractivity contribution in [3.8, 4) is 0 Å². The predicted molar refractivity (Wildman–Crippen MR) is 113 cm³/mol. The lowest BCUT2D eigenvalue weighted by Crippen LogP contribution is -2.23. The van der Waals surface area contributed by atoms with Gasteiger partial charge in [-0.2, -0.15) is 0 Å². The number of nitrogens with one attached hydrogen (secondary N) is 3. The second-order valence-corrected chi connectivity index (χ2v) is 6.60. The number of hydrogen-bond donors (Lipinski definition) is 3. The molecule has 152 valence electrons. The van der Waals surface area contributed by atoms with E-state index in [0.717, 1.165) is 5.56 Å². The number of benzene rings is 3. The number of halogens is 1. The number of rotatable bonds is 6. The summed E-state index contributed by atoms with van der Waals surface area (Å²) in [7, 11) is 0. The fraction of sp³-hybridized carbons (Fsp3) is 0.0870. The predicted octanol–water partition coefficient (Wildman–Crippen LogP) is 3.97. The smallest absolute Gasteiger partial charge is 0.255 e. The SMILES string of the molecule is CC(=O)Nc1ccc(C(=O)NCc2cccc(NC(=O)c3ccc(F)cc3)c2)cc1. The lowest BCUT2D eigenvalue weighted by atomic mass is 10.1. The van der Waals surface area contributed by atoms with Crippen LogP contribution in [0.1, 0.15) is 33.2 Å². The van der Waals surface area contributed by atoms with Crippen molar-refractivity contribution in [1.82, 2.24) is 5.32 Å². The topological polar surface area (TPSA) is 87.3 Å². The van der Waals surface area contributed by atoms with Gasteiger partial charge in [0.2, 0.25) is 5.91 Å². The summed E-state index contributed by atoms with van der Waals surface area (Å²) in [5, 5.41) is 8.21. The molecular formula is C23H20FN3O3. The summed E-state index contributed by atoms with van der Waals surface area (Å²) < 4.78 is 13.0. The summed E-state index contributed by atoms with van der Waals surface area (Å²) in [5.74, 6) is -1.20. The maximum absolute atomic E-state index is 13.0. The van der Waals surface area contributed by atoms with E-state index in [0.29, 0.717) is 22.5 Å². The van der Waals surface area contributed by atoms with Gasteiger partial charge in [0.05, 0.1) is 0 Å². The first-order chi connectivity index (χ1) is 14.4. The van der Waals surface area contributed by atoms with Gasteiger partial charge in [0.25, 0.3) is 11.8 Å². The molecule has 0 saturated carbocycles. The molecule has 7 heteroatoms. The standard InChI is InChI=1S/C23H20FN3O3/c1-15(28)26-20-11-7-17(8-12-20)22(29)25-14-16-3-2-4-21(13-16)27-23(30)18-5-9-19(24)10-6-18/h2-13H,14H2,1H3,(H,25,29)(H,26,28)(H,27,30). The molecule has 0 saturated heterocycles. The van der Waals surface area contributed by atoms with E-state index >= 15 is 0 Å². The highest BCUT2D eigenvalue weighted by Gasteiger charge is 2.08. The number of hydrogen-bond acceptors (Lipinski definition) is 3. The molecule has 0 aliphatic rings. The molecule has 0 radical (unpaired) electrons. The van der Waals surface area contributed by atoms with Crippen LogP contribution in [0.4, 0.5) is 15.8 Å². The third-order valence-corrected chi connectivity index (χ3v) is 4.21. The highest BCUT2D eigenvalue weighted by Crippen LogP contribution is 2.14. The second-order valence-electron chi connectivity index (χ2n) is 6.60. The molecule has 3 aromatic carbocycles. The van der Waals surface area contributed by atoms with Crippen LogP contribution in [0, 0.1) is 5.82 Å². The van der Waals surface area contributed by atoms with E-state index in [2.05, 4.69) is 16.0 Å². The van der Waals surface area contributed by atoms with Gasteiger partial charge >= 0.3 is 0 Å². The summed E-state index contributed by atoms with van der Waals surface area (Å²) in [6.45, 7) is 1.68. The summed E-state index contributed by atoms with van der Waals surface area (Å²) in [4.78, 5) is 35.6. The Hall–Kier alpha value is -4.00. The summed E-state index contributed by atoms with van der Waals surface area (Å²) in [6, 6.07) is 18.9. The Morgan fingerprint density at radius 1 is 0.767 bits per heavy atom. The highest BCUT2D eigenvalue weighted by molar-refractivity contribution is 6.04. The second kappa shape index (κ2) is 9.47. The average Bonchev–Trinajstić information content (AvgIpc) is 2.73. The van der Waals surface area contributed by atoms with E-state index in [4.69, 9.17) is 0 Å². The van der Waals surface area contributed by atoms with Crippen molar-refractivity contribution in [2.45, 2.75) is 13.5 Å². The van der Waals surface area contributed by atoms with Crippen molar-refractivity contribution in [3.05, 3.63) is 95.3 Å². The molecule has 3 amide bonds. The van der Waals surface area contributed by atoms with Crippen molar-refractivity contribution in [3.63, 3.8) is 0 Å². The molecule has 3 rings (SSSR count). The molecule has 0 spiro atoms. The number of carbonyl (C=O) groups is 3. The van der Waals surface area contributed by atoms with Crippen molar-refractivity contribution in [1.29, 1.82) is 0 Å². The molecule has 0 heterocycles. The quantitative estimate of drug-likeness (QED) is 0.580. The number of amides is 3. The van der Waals surface area contributed by atoms with Crippen LogP contribution in [-0.4, -0.2) is 17.7 Å².